The molecule has 26 heavy (non-hydrogen) atoms. The summed E-state index contributed by atoms with van der Waals surface area (Å²) >= 11 is 6.16. The Labute approximate surface area is 157 Å². The number of benzene rings is 1. The Kier molecular flexibility index (Phi) is 5.96. The molecule has 3 rings (SSSR count). The second-order valence-electron chi connectivity index (χ2n) is 6.21. The van der Waals surface area contributed by atoms with Gasteiger partial charge < -0.3 is 14.8 Å². The number of carbonyl (C=O) groups is 1. The molecule has 6 nitrogen and oxygen atoms in total. The van der Waals surface area contributed by atoms with Crippen LogP contribution in [0.5, 0.6) is 5.75 Å². The topological polar surface area (TPSA) is 65.4 Å². The molecule has 0 spiro atoms. The summed E-state index contributed by atoms with van der Waals surface area (Å²) in [7, 11) is 1.76. The van der Waals surface area contributed by atoms with Gasteiger partial charge in [0.15, 0.2) is 0 Å². The lowest BCUT2D eigenvalue weighted by atomic mass is 10.2. The van der Waals surface area contributed by atoms with E-state index in [0.29, 0.717) is 23.2 Å². The molecule has 1 aromatic heterocycles. The van der Waals surface area contributed by atoms with Gasteiger partial charge in [-0.3, -0.25) is 9.48 Å². The maximum Gasteiger partial charge on any atom is 0.248 e. The number of anilines is 1. The van der Waals surface area contributed by atoms with Crippen molar-refractivity contribution in [3.05, 3.63) is 46.8 Å². The predicted molar refractivity (Wildman–Crippen MR) is 102 cm³/mol. The largest absolute Gasteiger partial charge is 0.491 e. The van der Waals surface area contributed by atoms with Crippen molar-refractivity contribution < 1.29 is 14.3 Å². The number of aryl methyl sites for hydroxylation is 2. The van der Waals surface area contributed by atoms with Gasteiger partial charge in [-0.25, -0.2) is 0 Å². The minimum atomic E-state index is -0.249. The molecule has 138 valence electrons. The van der Waals surface area contributed by atoms with Crippen LogP contribution in [0.3, 0.4) is 0 Å². The maximum absolute atomic E-state index is 12.2. The maximum atomic E-state index is 12.2. The van der Waals surface area contributed by atoms with Crippen LogP contribution >= 0.6 is 11.6 Å². The molecular formula is C19H22ClN3O3. The van der Waals surface area contributed by atoms with E-state index in [4.69, 9.17) is 21.1 Å². The highest BCUT2D eigenvalue weighted by Gasteiger charge is 2.16. The lowest BCUT2D eigenvalue weighted by Crippen LogP contribution is -2.16. The highest BCUT2D eigenvalue weighted by molar-refractivity contribution is 6.31. The van der Waals surface area contributed by atoms with Gasteiger partial charge >= 0.3 is 0 Å². The molecule has 1 aliphatic heterocycles. The monoisotopic (exact) mass is 375 g/mol. The number of rotatable bonds is 6. The molecule has 2 aromatic rings. The van der Waals surface area contributed by atoms with E-state index in [9.17, 15) is 4.79 Å². The zero-order chi connectivity index (χ0) is 18.5. The standard InChI is InChI=1S/C19H22ClN3O3/c1-13-17(19(20)23(2)22-13)8-9-18(24)21-14-5-3-6-15(11-14)26-12-16-7-4-10-25-16/h3,5-6,8-9,11,16H,4,7,10,12H2,1-2H3,(H,21,24)/b9-8+. The lowest BCUT2D eigenvalue weighted by Gasteiger charge is -2.12. The lowest BCUT2D eigenvalue weighted by molar-refractivity contribution is -0.111. The fourth-order valence-corrected chi connectivity index (χ4v) is 3.04. The number of ether oxygens (including phenoxy) is 2. The average Bonchev–Trinajstić information content (AvgIpc) is 3.21. The van der Waals surface area contributed by atoms with Gasteiger partial charge in [-0.05, 0) is 38.0 Å². The molecule has 1 saturated heterocycles. The zero-order valence-corrected chi connectivity index (χ0v) is 15.6. The Morgan fingerprint density at radius 1 is 1.54 bits per heavy atom. The van der Waals surface area contributed by atoms with E-state index < -0.39 is 0 Å². The highest BCUT2D eigenvalue weighted by atomic mass is 35.5. The van der Waals surface area contributed by atoms with Crippen molar-refractivity contribution >= 4 is 29.3 Å². The fourth-order valence-electron chi connectivity index (χ4n) is 2.81. The summed E-state index contributed by atoms with van der Waals surface area (Å²) < 4.78 is 12.9. The van der Waals surface area contributed by atoms with Crippen molar-refractivity contribution in [1.82, 2.24) is 9.78 Å². The third kappa shape index (κ3) is 4.65. The first-order chi connectivity index (χ1) is 12.5. The Morgan fingerprint density at radius 2 is 2.38 bits per heavy atom. The van der Waals surface area contributed by atoms with Crippen LogP contribution in [0.15, 0.2) is 30.3 Å². The van der Waals surface area contributed by atoms with E-state index in [1.165, 1.54) is 6.08 Å². The van der Waals surface area contributed by atoms with Crippen LogP contribution in [0.4, 0.5) is 5.69 Å². The van der Waals surface area contributed by atoms with Crippen molar-refractivity contribution in [1.29, 1.82) is 0 Å². The summed E-state index contributed by atoms with van der Waals surface area (Å²) in [5.74, 6) is 0.453. The van der Waals surface area contributed by atoms with E-state index in [1.807, 2.05) is 25.1 Å². The number of hydrogen-bond acceptors (Lipinski definition) is 4. The second-order valence-corrected chi connectivity index (χ2v) is 6.57. The summed E-state index contributed by atoms with van der Waals surface area (Å²) in [6.45, 7) is 3.17. The molecule has 0 saturated carbocycles. The van der Waals surface area contributed by atoms with Crippen LogP contribution in [0.2, 0.25) is 5.15 Å². The van der Waals surface area contributed by atoms with Gasteiger partial charge in [0.25, 0.3) is 0 Å². The normalized spacial score (nSPS) is 17.0. The highest BCUT2D eigenvalue weighted by Crippen LogP contribution is 2.21. The van der Waals surface area contributed by atoms with Gasteiger partial charge in [0, 0.05) is 37.0 Å². The molecule has 1 atom stereocenters. The first kappa shape index (κ1) is 18.5. The molecule has 1 N–H and O–H groups in total. The fraction of sp³-hybridized carbons (Fsp3) is 0.368. The Bertz CT molecular complexity index is 810. The number of carbonyl (C=O) groups excluding carboxylic acids is 1. The molecule has 1 amide bonds. The van der Waals surface area contributed by atoms with Crippen LogP contribution in [0.25, 0.3) is 6.08 Å². The van der Waals surface area contributed by atoms with Crippen molar-refractivity contribution in [3.63, 3.8) is 0 Å². The molecule has 2 heterocycles. The third-order valence-electron chi connectivity index (χ3n) is 4.16. The van der Waals surface area contributed by atoms with Crippen LogP contribution < -0.4 is 10.1 Å². The SMILES string of the molecule is Cc1nn(C)c(Cl)c1/C=C/C(=O)Nc1cccc(OCC2CCCO2)c1. The van der Waals surface area contributed by atoms with Crippen LogP contribution in [-0.4, -0.2) is 35.0 Å². The Morgan fingerprint density at radius 3 is 3.08 bits per heavy atom. The van der Waals surface area contributed by atoms with Gasteiger partial charge in [0.2, 0.25) is 5.91 Å². The third-order valence-corrected chi connectivity index (χ3v) is 4.61. The minimum absolute atomic E-state index is 0.156. The van der Waals surface area contributed by atoms with Gasteiger partial charge in [-0.2, -0.15) is 5.10 Å². The molecule has 1 aromatic carbocycles. The summed E-state index contributed by atoms with van der Waals surface area (Å²) in [4.78, 5) is 12.2. The van der Waals surface area contributed by atoms with Gasteiger partial charge in [0.05, 0.1) is 11.8 Å². The van der Waals surface area contributed by atoms with E-state index >= 15 is 0 Å². The van der Waals surface area contributed by atoms with Crippen LogP contribution in [-0.2, 0) is 16.6 Å². The smallest absolute Gasteiger partial charge is 0.248 e. The van der Waals surface area contributed by atoms with E-state index in [0.717, 1.165) is 30.7 Å². The Balaban J connectivity index is 1.58. The molecule has 7 heteroatoms. The average molecular weight is 376 g/mol. The number of nitrogens with zero attached hydrogens (tertiary/aromatic N) is 2. The quantitative estimate of drug-likeness (QED) is 0.783. The first-order valence-corrected chi connectivity index (χ1v) is 8.93. The summed E-state index contributed by atoms with van der Waals surface area (Å²) in [6.07, 6.45) is 5.37. The molecule has 1 unspecified atom stereocenters. The van der Waals surface area contributed by atoms with Gasteiger partial charge in [-0.1, -0.05) is 17.7 Å². The number of aromatic nitrogens is 2. The zero-order valence-electron chi connectivity index (χ0n) is 14.9. The Hall–Kier alpha value is -2.31. The molecular weight excluding hydrogens is 354 g/mol. The van der Waals surface area contributed by atoms with Crippen molar-refractivity contribution in [2.75, 3.05) is 18.5 Å². The number of hydrogen-bond donors (Lipinski definition) is 1. The number of amides is 1. The van der Waals surface area contributed by atoms with E-state index in [2.05, 4.69) is 10.4 Å². The van der Waals surface area contributed by atoms with Crippen LogP contribution in [0, 0.1) is 6.92 Å². The number of halogens is 1. The minimum Gasteiger partial charge on any atom is -0.491 e. The van der Waals surface area contributed by atoms with E-state index in [1.54, 1.807) is 23.9 Å². The predicted octanol–water partition coefficient (Wildman–Crippen LogP) is 3.59. The van der Waals surface area contributed by atoms with Gasteiger partial charge in [-0.15, -0.1) is 0 Å². The molecule has 1 fully saturated rings. The van der Waals surface area contributed by atoms with Gasteiger partial charge in [0.1, 0.15) is 17.5 Å². The molecule has 0 aliphatic carbocycles. The van der Waals surface area contributed by atoms with Crippen molar-refractivity contribution in [2.24, 2.45) is 7.05 Å². The summed E-state index contributed by atoms with van der Waals surface area (Å²) in [5, 5.41) is 7.53. The molecule has 0 bridgehead atoms. The van der Waals surface area contributed by atoms with Crippen molar-refractivity contribution in [3.8, 4) is 5.75 Å². The summed E-state index contributed by atoms with van der Waals surface area (Å²) in [6, 6.07) is 7.31. The number of nitrogens with one attached hydrogen (secondary N) is 1. The van der Waals surface area contributed by atoms with Crippen molar-refractivity contribution in [2.45, 2.75) is 25.9 Å². The second kappa shape index (κ2) is 8.38. The summed E-state index contributed by atoms with van der Waals surface area (Å²) in [5.41, 5.74) is 2.17. The molecule has 1 aliphatic rings. The van der Waals surface area contributed by atoms with Crippen LogP contribution in [0.1, 0.15) is 24.1 Å². The first-order valence-electron chi connectivity index (χ1n) is 8.55. The molecule has 0 radical (unpaired) electrons. The van der Waals surface area contributed by atoms with E-state index in [-0.39, 0.29) is 12.0 Å².